The Morgan fingerprint density at radius 2 is 2.07 bits per heavy atom. The van der Waals surface area contributed by atoms with E-state index in [0.29, 0.717) is 34.2 Å². The summed E-state index contributed by atoms with van der Waals surface area (Å²) in [6, 6.07) is 8.99. The predicted molar refractivity (Wildman–Crippen MR) is 114 cm³/mol. The highest BCUT2D eigenvalue weighted by Crippen LogP contribution is 2.30. The van der Waals surface area contributed by atoms with Gasteiger partial charge in [-0.25, -0.2) is 8.78 Å². The second kappa shape index (κ2) is 9.51. The van der Waals surface area contributed by atoms with Crippen LogP contribution in [0.5, 0.6) is 0 Å². The van der Waals surface area contributed by atoms with E-state index in [1.165, 1.54) is 0 Å². The minimum absolute atomic E-state index is 0.0545. The molecule has 1 amide bonds. The lowest BCUT2D eigenvalue weighted by molar-refractivity contribution is -0.113. The Morgan fingerprint density at radius 3 is 2.76 bits per heavy atom. The molecular formula is C19H14BrClF2N4OS. The van der Waals surface area contributed by atoms with Crippen LogP contribution in [-0.2, 0) is 11.3 Å². The van der Waals surface area contributed by atoms with E-state index >= 15 is 0 Å². The number of hydrogen-bond donors (Lipinski definition) is 1. The molecule has 1 aromatic heterocycles. The van der Waals surface area contributed by atoms with Gasteiger partial charge in [-0.2, -0.15) is 0 Å². The molecule has 0 aliphatic rings. The number of amides is 1. The van der Waals surface area contributed by atoms with Crippen LogP contribution < -0.4 is 5.32 Å². The minimum Gasteiger partial charge on any atom is -0.322 e. The molecule has 29 heavy (non-hydrogen) atoms. The van der Waals surface area contributed by atoms with E-state index in [1.54, 1.807) is 16.7 Å². The molecule has 0 saturated heterocycles. The molecule has 2 aromatic carbocycles. The number of nitrogens with zero attached hydrogens (tertiary/aromatic N) is 3. The van der Waals surface area contributed by atoms with Crippen LogP contribution in [0.1, 0.15) is 0 Å². The summed E-state index contributed by atoms with van der Waals surface area (Å²) in [6.45, 7) is 4.15. The molecule has 0 aliphatic heterocycles. The number of thioether (sulfide) groups is 1. The summed E-state index contributed by atoms with van der Waals surface area (Å²) < 4.78 is 29.0. The first kappa shape index (κ1) is 21.5. The summed E-state index contributed by atoms with van der Waals surface area (Å²) in [5, 5.41) is 11.8. The quantitative estimate of drug-likeness (QED) is 0.342. The van der Waals surface area contributed by atoms with E-state index in [2.05, 4.69) is 38.0 Å². The Kier molecular flexibility index (Phi) is 7.05. The standard InChI is InChI=1S/C19H14BrClF2N4OS/c1-2-7-27-18(12-5-3-4-6-14(12)21)25-26-19(27)29-10-16(28)24-17-13(20)8-11(22)9-15(17)23/h2-6,8-9H,1,7,10H2,(H,24,28). The van der Waals surface area contributed by atoms with Crippen LogP contribution in [0.4, 0.5) is 14.5 Å². The van der Waals surface area contributed by atoms with E-state index in [9.17, 15) is 13.6 Å². The van der Waals surface area contributed by atoms with Crippen molar-refractivity contribution < 1.29 is 13.6 Å². The first-order chi connectivity index (χ1) is 13.9. The lowest BCUT2D eigenvalue weighted by Crippen LogP contribution is -2.16. The van der Waals surface area contributed by atoms with E-state index in [4.69, 9.17) is 11.6 Å². The molecule has 0 unspecified atom stereocenters. The molecule has 0 fully saturated rings. The van der Waals surface area contributed by atoms with Crippen LogP contribution in [0.2, 0.25) is 5.02 Å². The van der Waals surface area contributed by atoms with Gasteiger partial charge >= 0.3 is 0 Å². The SMILES string of the molecule is C=CCn1c(SCC(=O)Nc2c(F)cc(F)cc2Br)nnc1-c1ccccc1Cl. The van der Waals surface area contributed by atoms with Gasteiger partial charge in [-0.15, -0.1) is 16.8 Å². The lowest BCUT2D eigenvalue weighted by Gasteiger charge is -2.10. The summed E-state index contributed by atoms with van der Waals surface area (Å²) in [7, 11) is 0. The highest BCUT2D eigenvalue weighted by Gasteiger charge is 2.18. The summed E-state index contributed by atoms with van der Waals surface area (Å²) >= 11 is 10.4. The van der Waals surface area contributed by atoms with Crippen LogP contribution in [-0.4, -0.2) is 26.4 Å². The van der Waals surface area contributed by atoms with E-state index in [-0.39, 0.29) is 15.9 Å². The first-order valence-electron chi connectivity index (χ1n) is 8.27. The molecule has 0 atom stereocenters. The Balaban J connectivity index is 1.76. The second-order valence-electron chi connectivity index (χ2n) is 5.77. The van der Waals surface area contributed by atoms with Crippen molar-refractivity contribution in [3.8, 4) is 11.4 Å². The highest BCUT2D eigenvalue weighted by atomic mass is 79.9. The molecule has 0 spiro atoms. The van der Waals surface area contributed by atoms with Crippen molar-refractivity contribution >= 4 is 50.9 Å². The number of anilines is 1. The molecule has 5 nitrogen and oxygen atoms in total. The zero-order valence-electron chi connectivity index (χ0n) is 14.8. The fraction of sp³-hybridized carbons (Fsp3) is 0.105. The van der Waals surface area contributed by atoms with Crippen molar-refractivity contribution in [3.05, 3.63) is 70.2 Å². The molecule has 150 valence electrons. The third-order valence-electron chi connectivity index (χ3n) is 3.75. The van der Waals surface area contributed by atoms with Gasteiger partial charge in [-0.05, 0) is 34.1 Å². The molecule has 1 heterocycles. The predicted octanol–water partition coefficient (Wildman–Crippen LogP) is 5.56. The van der Waals surface area contributed by atoms with Gasteiger partial charge in [0.25, 0.3) is 0 Å². The number of rotatable bonds is 7. The van der Waals surface area contributed by atoms with Crippen LogP contribution >= 0.6 is 39.3 Å². The number of carbonyl (C=O) groups excluding carboxylic acids is 1. The average Bonchev–Trinajstić information content (AvgIpc) is 3.06. The van der Waals surface area contributed by atoms with Gasteiger partial charge in [0.15, 0.2) is 16.8 Å². The molecule has 0 aliphatic carbocycles. The number of aromatic nitrogens is 3. The number of benzene rings is 2. The maximum atomic E-state index is 13.9. The monoisotopic (exact) mass is 498 g/mol. The maximum absolute atomic E-state index is 13.9. The van der Waals surface area contributed by atoms with Gasteiger partial charge in [0.1, 0.15) is 5.82 Å². The van der Waals surface area contributed by atoms with Gasteiger partial charge in [-0.3, -0.25) is 9.36 Å². The van der Waals surface area contributed by atoms with E-state index in [1.807, 2.05) is 18.2 Å². The summed E-state index contributed by atoms with van der Waals surface area (Å²) in [6.07, 6.45) is 1.68. The first-order valence-corrected chi connectivity index (χ1v) is 10.4. The Labute approximate surface area is 183 Å². The second-order valence-corrected chi connectivity index (χ2v) is 7.97. The molecule has 10 heteroatoms. The summed E-state index contributed by atoms with van der Waals surface area (Å²) in [4.78, 5) is 12.3. The molecule has 1 N–H and O–H groups in total. The van der Waals surface area contributed by atoms with Gasteiger partial charge in [0.2, 0.25) is 5.91 Å². The molecule has 0 bridgehead atoms. The highest BCUT2D eigenvalue weighted by molar-refractivity contribution is 9.10. The van der Waals surface area contributed by atoms with Gasteiger partial charge in [-0.1, -0.05) is 41.6 Å². The Bertz CT molecular complexity index is 1050. The van der Waals surface area contributed by atoms with Crippen LogP contribution in [0.15, 0.2) is 58.7 Å². The Morgan fingerprint density at radius 1 is 1.31 bits per heavy atom. The molecule has 0 radical (unpaired) electrons. The van der Waals surface area contributed by atoms with Gasteiger partial charge < -0.3 is 5.32 Å². The number of halogens is 4. The number of hydrogen-bond acceptors (Lipinski definition) is 4. The summed E-state index contributed by atoms with van der Waals surface area (Å²) in [5.41, 5.74) is 0.582. The number of nitrogens with one attached hydrogen (secondary N) is 1. The molecular weight excluding hydrogens is 486 g/mol. The fourth-order valence-electron chi connectivity index (χ4n) is 2.50. The third kappa shape index (κ3) is 5.04. The van der Waals surface area contributed by atoms with Crippen LogP contribution in [0, 0.1) is 11.6 Å². The Hall–Kier alpha value is -2.23. The zero-order valence-corrected chi connectivity index (χ0v) is 18.0. The zero-order chi connectivity index (χ0) is 21.0. The average molecular weight is 500 g/mol. The topological polar surface area (TPSA) is 59.8 Å². The molecule has 3 aromatic rings. The molecule has 0 saturated carbocycles. The fourth-order valence-corrected chi connectivity index (χ4v) is 3.97. The van der Waals surface area contributed by atoms with Crippen molar-refractivity contribution in [1.29, 1.82) is 0 Å². The molecule has 3 rings (SSSR count). The van der Waals surface area contributed by atoms with Crippen molar-refractivity contribution in [3.63, 3.8) is 0 Å². The largest absolute Gasteiger partial charge is 0.322 e. The number of allylic oxidation sites excluding steroid dienone is 1. The van der Waals surface area contributed by atoms with Crippen molar-refractivity contribution in [2.75, 3.05) is 11.1 Å². The van der Waals surface area contributed by atoms with Crippen molar-refractivity contribution in [1.82, 2.24) is 14.8 Å². The van der Waals surface area contributed by atoms with Crippen LogP contribution in [0.25, 0.3) is 11.4 Å². The smallest absolute Gasteiger partial charge is 0.234 e. The lowest BCUT2D eigenvalue weighted by atomic mass is 10.2. The van der Waals surface area contributed by atoms with E-state index in [0.717, 1.165) is 17.8 Å². The van der Waals surface area contributed by atoms with Crippen molar-refractivity contribution in [2.45, 2.75) is 11.7 Å². The minimum atomic E-state index is -0.869. The number of carbonyl (C=O) groups is 1. The van der Waals surface area contributed by atoms with Crippen molar-refractivity contribution in [2.24, 2.45) is 0 Å². The van der Waals surface area contributed by atoms with Gasteiger partial charge in [0.05, 0.1) is 16.5 Å². The van der Waals surface area contributed by atoms with E-state index < -0.39 is 17.5 Å². The maximum Gasteiger partial charge on any atom is 0.234 e. The van der Waals surface area contributed by atoms with Gasteiger partial charge in [0, 0.05) is 22.6 Å². The van der Waals surface area contributed by atoms with Crippen LogP contribution in [0.3, 0.4) is 0 Å². The third-order valence-corrected chi connectivity index (χ3v) is 5.67. The summed E-state index contributed by atoms with van der Waals surface area (Å²) in [5.74, 6) is -1.60. The normalized spacial score (nSPS) is 10.8.